The number of hydrogen-bond acceptors (Lipinski definition) is 4. The maximum absolute atomic E-state index is 5.73. The Morgan fingerprint density at radius 2 is 2.44 bits per heavy atom. The van der Waals surface area contributed by atoms with E-state index >= 15 is 0 Å². The summed E-state index contributed by atoms with van der Waals surface area (Å²) < 4.78 is 11.1. The molecular formula is C14H24N2O2. The first-order chi connectivity index (χ1) is 8.74. The second kappa shape index (κ2) is 6.92. The molecular weight excluding hydrogens is 228 g/mol. The molecule has 0 aromatic carbocycles. The zero-order chi connectivity index (χ0) is 12.8. The van der Waals surface area contributed by atoms with Gasteiger partial charge in [-0.2, -0.15) is 0 Å². The van der Waals surface area contributed by atoms with Crippen molar-refractivity contribution in [3.05, 3.63) is 24.2 Å². The summed E-state index contributed by atoms with van der Waals surface area (Å²) in [5, 5.41) is 3.54. The summed E-state index contributed by atoms with van der Waals surface area (Å²) >= 11 is 0. The summed E-state index contributed by atoms with van der Waals surface area (Å²) in [6.45, 7) is 6.07. The number of morpholine rings is 1. The molecule has 2 unspecified atom stereocenters. The van der Waals surface area contributed by atoms with Gasteiger partial charge in [0.1, 0.15) is 5.76 Å². The molecule has 0 aliphatic carbocycles. The van der Waals surface area contributed by atoms with Gasteiger partial charge in [-0.3, -0.25) is 0 Å². The first-order valence-corrected chi connectivity index (χ1v) is 6.80. The molecule has 18 heavy (non-hydrogen) atoms. The van der Waals surface area contributed by atoms with Crippen LogP contribution >= 0.6 is 0 Å². The molecule has 2 rings (SSSR count). The zero-order valence-electron chi connectivity index (χ0n) is 11.4. The van der Waals surface area contributed by atoms with Gasteiger partial charge in [-0.05, 0) is 32.5 Å². The van der Waals surface area contributed by atoms with Gasteiger partial charge in [-0.25, -0.2) is 0 Å². The van der Waals surface area contributed by atoms with E-state index in [0.29, 0.717) is 12.1 Å². The molecule has 0 bridgehead atoms. The summed E-state index contributed by atoms with van der Waals surface area (Å²) in [6, 6.07) is 4.47. The van der Waals surface area contributed by atoms with Crippen molar-refractivity contribution in [3.8, 4) is 0 Å². The number of aryl methyl sites for hydroxylation is 1. The Labute approximate surface area is 109 Å². The largest absolute Gasteiger partial charge is 0.469 e. The summed E-state index contributed by atoms with van der Waals surface area (Å²) in [5.74, 6) is 1.07. The van der Waals surface area contributed by atoms with E-state index in [-0.39, 0.29) is 0 Å². The highest BCUT2D eigenvalue weighted by atomic mass is 16.5. The highest BCUT2D eigenvalue weighted by molar-refractivity contribution is 4.98. The summed E-state index contributed by atoms with van der Waals surface area (Å²) in [6.07, 6.45) is 4.15. The van der Waals surface area contributed by atoms with Crippen LogP contribution < -0.4 is 5.32 Å². The van der Waals surface area contributed by atoms with Crippen LogP contribution in [0.3, 0.4) is 0 Å². The van der Waals surface area contributed by atoms with Gasteiger partial charge in [0.15, 0.2) is 0 Å². The van der Waals surface area contributed by atoms with E-state index in [1.807, 2.05) is 12.1 Å². The average Bonchev–Trinajstić information content (AvgIpc) is 2.87. The Balaban J connectivity index is 1.60. The van der Waals surface area contributed by atoms with Crippen LogP contribution in [0.2, 0.25) is 0 Å². The molecule has 4 nitrogen and oxygen atoms in total. The molecule has 1 aromatic heterocycles. The van der Waals surface area contributed by atoms with Crippen LogP contribution in [-0.2, 0) is 11.2 Å². The van der Waals surface area contributed by atoms with Crippen molar-refractivity contribution in [2.45, 2.75) is 31.9 Å². The third-order valence-electron chi connectivity index (χ3n) is 3.44. The van der Waals surface area contributed by atoms with Crippen molar-refractivity contribution < 1.29 is 9.15 Å². The number of hydrogen-bond donors (Lipinski definition) is 1. The molecule has 1 saturated heterocycles. The van der Waals surface area contributed by atoms with Crippen molar-refractivity contribution >= 4 is 0 Å². The Kier molecular flexibility index (Phi) is 5.23. The van der Waals surface area contributed by atoms with Crippen LogP contribution in [0, 0.1) is 0 Å². The number of nitrogens with one attached hydrogen (secondary N) is 1. The third-order valence-corrected chi connectivity index (χ3v) is 3.44. The second-order valence-electron chi connectivity index (χ2n) is 5.18. The Morgan fingerprint density at radius 3 is 3.17 bits per heavy atom. The first kappa shape index (κ1) is 13.6. The topological polar surface area (TPSA) is 37.6 Å². The van der Waals surface area contributed by atoms with E-state index in [2.05, 4.69) is 24.2 Å². The summed E-state index contributed by atoms with van der Waals surface area (Å²) in [4.78, 5) is 2.32. The van der Waals surface area contributed by atoms with E-state index in [9.17, 15) is 0 Å². The Morgan fingerprint density at radius 1 is 1.56 bits per heavy atom. The van der Waals surface area contributed by atoms with Crippen LogP contribution in [0.25, 0.3) is 0 Å². The van der Waals surface area contributed by atoms with Gasteiger partial charge in [0.2, 0.25) is 0 Å². The predicted octanol–water partition coefficient (Wildman–Crippen LogP) is 1.52. The van der Waals surface area contributed by atoms with Gasteiger partial charge >= 0.3 is 0 Å². The first-order valence-electron chi connectivity index (χ1n) is 6.80. The van der Waals surface area contributed by atoms with Crippen molar-refractivity contribution in [1.29, 1.82) is 0 Å². The molecule has 1 aliphatic rings. The van der Waals surface area contributed by atoms with Crippen molar-refractivity contribution in [2.75, 3.05) is 33.3 Å². The van der Waals surface area contributed by atoms with Crippen LogP contribution in [-0.4, -0.2) is 50.3 Å². The van der Waals surface area contributed by atoms with Gasteiger partial charge in [0, 0.05) is 32.1 Å². The lowest BCUT2D eigenvalue weighted by atomic mass is 10.1. The van der Waals surface area contributed by atoms with Gasteiger partial charge < -0.3 is 19.4 Å². The lowest BCUT2D eigenvalue weighted by Crippen LogP contribution is -2.46. The molecule has 4 heteroatoms. The van der Waals surface area contributed by atoms with Gasteiger partial charge in [-0.1, -0.05) is 0 Å². The summed E-state index contributed by atoms with van der Waals surface area (Å²) in [7, 11) is 2.15. The minimum absolute atomic E-state index is 0.329. The molecule has 0 radical (unpaired) electrons. The van der Waals surface area contributed by atoms with E-state index in [4.69, 9.17) is 9.15 Å². The smallest absolute Gasteiger partial charge is 0.103 e. The molecule has 102 valence electrons. The monoisotopic (exact) mass is 252 g/mol. The Bertz CT molecular complexity index is 327. The van der Waals surface area contributed by atoms with Gasteiger partial charge in [-0.15, -0.1) is 0 Å². The number of nitrogens with zero attached hydrogens (tertiary/aromatic N) is 1. The zero-order valence-corrected chi connectivity index (χ0v) is 11.4. The van der Waals surface area contributed by atoms with Crippen molar-refractivity contribution in [2.24, 2.45) is 0 Å². The number of likely N-dealkylation sites (N-methyl/N-ethyl adjacent to an activating group) is 1. The number of furan rings is 1. The maximum Gasteiger partial charge on any atom is 0.103 e. The SMILES string of the molecule is CC(CCc1ccco1)NCC1CN(C)CCO1. The molecule has 2 atom stereocenters. The molecule has 1 aromatic rings. The minimum Gasteiger partial charge on any atom is -0.469 e. The molecule has 0 saturated carbocycles. The fourth-order valence-corrected chi connectivity index (χ4v) is 2.24. The second-order valence-corrected chi connectivity index (χ2v) is 5.18. The Hall–Kier alpha value is -0.840. The van der Waals surface area contributed by atoms with E-state index < -0.39 is 0 Å². The fourth-order valence-electron chi connectivity index (χ4n) is 2.24. The molecule has 1 aliphatic heterocycles. The van der Waals surface area contributed by atoms with E-state index in [1.165, 1.54) is 0 Å². The highest BCUT2D eigenvalue weighted by Crippen LogP contribution is 2.07. The van der Waals surface area contributed by atoms with E-state index in [1.54, 1.807) is 6.26 Å². The van der Waals surface area contributed by atoms with Crippen molar-refractivity contribution in [3.63, 3.8) is 0 Å². The number of ether oxygens (including phenoxy) is 1. The standard InChI is InChI=1S/C14H24N2O2/c1-12(5-6-13-4-3-8-17-13)15-10-14-11-16(2)7-9-18-14/h3-4,8,12,14-15H,5-7,9-11H2,1-2H3. The third kappa shape index (κ3) is 4.44. The van der Waals surface area contributed by atoms with Crippen LogP contribution in [0.15, 0.2) is 22.8 Å². The maximum atomic E-state index is 5.73. The molecule has 0 spiro atoms. The summed E-state index contributed by atoms with van der Waals surface area (Å²) in [5.41, 5.74) is 0. The number of rotatable bonds is 6. The highest BCUT2D eigenvalue weighted by Gasteiger charge is 2.17. The van der Waals surface area contributed by atoms with Gasteiger partial charge in [0.05, 0.1) is 19.0 Å². The fraction of sp³-hybridized carbons (Fsp3) is 0.714. The van der Waals surface area contributed by atoms with Crippen LogP contribution in [0.5, 0.6) is 0 Å². The quantitative estimate of drug-likeness (QED) is 0.833. The lowest BCUT2D eigenvalue weighted by Gasteiger charge is -2.31. The predicted molar refractivity (Wildman–Crippen MR) is 71.7 cm³/mol. The van der Waals surface area contributed by atoms with E-state index in [0.717, 1.165) is 44.8 Å². The lowest BCUT2D eigenvalue weighted by molar-refractivity contribution is -0.0191. The molecule has 1 fully saturated rings. The molecule has 2 heterocycles. The molecule has 1 N–H and O–H groups in total. The van der Waals surface area contributed by atoms with Crippen LogP contribution in [0.4, 0.5) is 0 Å². The normalized spacial score (nSPS) is 23.1. The van der Waals surface area contributed by atoms with Crippen LogP contribution in [0.1, 0.15) is 19.1 Å². The average molecular weight is 252 g/mol. The molecule has 0 amide bonds. The van der Waals surface area contributed by atoms with Crippen molar-refractivity contribution in [1.82, 2.24) is 10.2 Å². The van der Waals surface area contributed by atoms with Gasteiger partial charge in [0.25, 0.3) is 0 Å². The minimum atomic E-state index is 0.329.